The van der Waals surface area contributed by atoms with E-state index in [-0.39, 0.29) is 5.91 Å². The highest BCUT2D eigenvalue weighted by Gasteiger charge is 2.41. The third-order valence-electron chi connectivity index (χ3n) is 19.8. The molecule has 4 aliphatic rings. The molecule has 4 fully saturated rings. The fourth-order valence-electron chi connectivity index (χ4n) is 15.1. The molecule has 4 saturated heterocycles. The van der Waals surface area contributed by atoms with Crippen LogP contribution in [0, 0.1) is 27.7 Å². The van der Waals surface area contributed by atoms with Gasteiger partial charge in [0.05, 0.1) is 56.8 Å². The minimum atomic E-state index is -3.20. The molecule has 10 aromatic heterocycles. The van der Waals surface area contributed by atoms with Crippen molar-refractivity contribution in [2.45, 2.75) is 97.0 Å². The van der Waals surface area contributed by atoms with Crippen LogP contribution in [0.3, 0.4) is 0 Å². The lowest BCUT2D eigenvalue weighted by atomic mass is 9.93. The number of piperazine rings is 3. The number of sulfone groups is 1. The molecule has 0 unspecified atom stereocenters. The van der Waals surface area contributed by atoms with Crippen LogP contribution in [0.4, 0.5) is 17.2 Å². The lowest BCUT2D eigenvalue weighted by Gasteiger charge is -2.46. The minimum Gasteiger partial charge on any atom is -0.367 e. The number of rotatable bonds is 9. The Kier molecular flexibility index (Phi) is 22.2. The van der Waals surface area contributed by atoms with Gasteiger partial charge in [-0.2, -0.15) is 8.61 Å². The number of hydrogen-bond acceptors (Lipinski definition) is 12. The first-order valence-corrected chi connectivity index (χ1v) is 42.5. The van der Waals surface area contributed by atoms with Gasteiger partial charge in [0.1, 0.15) is 5.82 Å². The molecule has 0 spiro atoms. The summed E-state index contributed by atoms with van der Waals surface area (Å²) in [5, 5.41) is 0.669. The van der Waals surface area contributed by atoms with E-state index in [0.29, 0.717) is 68.2 Å². The Morgan fingerprint density at radius 3 is 1.42 bits per heavy atom. The number of aryl methyl sites for hydroxylation is 4. The number of piperidine rings is 1. The number of amides is 1. The van der Waals surface area contributed by atoms with Crippen LogP contribution >= 0.6 is 11.6 Å². The Morgan fingerprint density at radius 1 is 0.456 bits per heavy atom. The van der Waals surface area contributed by atoms with Crippen molar-refractivity contribution in [2.24, 2.45) is 0 Å². The fourth-order valence-corrected chi connectivity index (χ4v) is 19.5. The highest BCUT2D eigenvalue weighted by atomic mass is 35.5. The van der Waals surface area contributed by atoms with Crippen LogP contribution in [0.15, 0.2) is 182 Å². The number of carbonyl (C=O) groups is 1. The van der Waals surface area contributed by atoms with Crippen LogP contribution in [-0.4, -0.2) is 194 Å². The number of anilines is 3. The molecule has 26 heteroatoms. The van der Waals surface area contributed by atoms with Crippen LogP contribution < -0.4 is 14.7 Å². The molecule has 0 N–H and O–H groups in total. The number of hydrogen-bond donors (Lipinski definition) is 0. The lowest BCUT2D eigenvalue weighted by molar-refractivity contribution is -0.129. The maximum Gasteiger partial charge on any atom is 0.219 e. The van der Waals surface area contributed by atoms with Gasteiger partial charge in [-0.25, -0.2) is 38.0 Å². The smallest absolute Gasteiger partial charge is 0.219 e. The second-order valence-electron chi connectivity index (χ2n) is 29.1. The van der Waals surface area contributed by atoms with Gasteiger partial charge in [0, 0.05) is 174 Å². The zero-order valence-electron chi connectivity index (χ0n) is 61.3. The van der Waals surface area contributed by atoms with Crippen LogP contribution in [-0.2, 0) is 44.7 Å². The summed E-state index contributed by atoms with van der Waals surface area (Å²) in [5.41, 5.74) is 15.4. The molecule has 0 radical (unpaired) electrons. The Morgan fingerprint density at radius 2 is 0.913 bits per heavy atom. The van der Waals surface area contributed by atoms with Crippen molar-refractivity contribution in [1.82, 2.24) is 39.8 Å². The van der Waals surface area contributed by atoms with Crippen molar-refractivity contribution in [3.8, 4) is 11.3 Å². The van der Waals surface area contributed by atoms with Gasteiger partial charge in [-0.1, -0.05) is 23.7 Å². The van der Waals surface area contributed by atoms with Gasteiger partial charge in [0.25, 0.3) is 0 Å². The van der Waals surface area contributed by atoms with E-state index in [0.717, 1.165) is 72.5 Å². The van der Waals surface area contributed by atoms with Gasteiger partial charge in [0.2, 0.25) is 36.0 Å². The number of fused-ring (bicyclic) bond motifs is 5. The molecule has 550 valence electrons. The van der Waals surface area contributed by atoms with Gasteiger partial charge < -0.3 is 41.6 Å². The highest BCUT2D eigenvalue weighted by Crippen LogP contribution is 2.36. The number of sulfonamides is 3. The number of carbonyl (C=O) groups excluding carboxylic acids is 1. The van der Waals surface area contributed by atoms with Crippen LogP contribution in [0.25, 0.3) is 38.8 Å². The van der Waals surface area contributed by atoms with Crippen molar-refractivity contribution >= 4 is 102 Å². The highest BCUT2D eigenvalue weighted by molar-refractivity contribution is 7.90. The summed E-state index contributed by atoms with van der Waals surface area (Å²) in [7, 11) is -12.6. The third kappa shape index (κ3) is 17.6. The Bertz CT molecular complexity index is 5240. The fraction of sp³-hybridized carbons (Fsp3) is 0.390. The van der Waals surface area contributed by atoms with Crippen LogP contribution in [0.5, 0.6) is 0 Å². The lowest BCUT2D eigenvalue weighted by Crippen LogP contribution is -2.60. The summed E-state index contributed by atoms with van der Waals surface area (Å²) in [6.45, 7) is 26.3. The zero-order valence-corrected chi connectivity index (χ0v) is 65.3. The first kappa shape index (κ1) is 76.0. The zero-order chi connectivity index (χ0) is 74.3. The van der Waals surface area contributed by atoms with Crippen molar-refractivity contribution < 1.29 is 38.5 Å². The number of benzene rings is 1. The third-order valence-corrected chi connectivity index (χ3v) is 25.4. The van der Waals surface area contributed by atoms with E-state index < -0.39 is 51.0 Å². The number of nitrogens with zero attached hydrogens (tertiary/aromatic N) is 12. The van der Waals surface area contributed by atoms with Gasteiger partial charge in [0.15, 0.2) is 9.84 Å². The molecule has 1 aromatic carbocycles. The van der Waals surface area contributed by atoms with Crippen molar-refractivity contribution in [3.63, 3.8) is 0 Å². The average Bonchev–Trinajstić information content (AvgIpc) is 1.17. The minimum absolute atomic E-state index is 0.176. The van der Waals surface area contributed by atoms with Gasteiger partial charge in [-0.15, -0.1) is 0 Å². The Balaban J connectivity index is 0.000000129. The standard InChI is InChI=1S/C16H23N3O2S.C16H15NO2S.C15H20ClN3O2S.C15H19N3O.C15H20N2O2S/c1-13-10-15(14-6-5-7-17(14)11-13)18-8-9-19(22(4,20)21)16(2,3)12-18;1-12-10-14-4-3-9-17(14)16(11-12)13-5-7-15(8-6-13)20(2,18)19;1-15(2)11-18(7-8-19(15)22(3,20)21)14-9-12(16)10-17-6-4-5-13(14)17;1-12-10-14-4-3-5-18(14)15(11-12)17-8-6-16(7-9-17)13(2)19;1-12-10-14-4-3-7-17(14)15(11-12)13-5-8-16(9-6-13)20(2,18)19/h5-7,10-11H,8-9,12H2,1-4H3;3-11H,1-2H3;4-6,9-10H,7-8,11H2,1-3H3;3-5,10-11H,6-9H2,1-2H3;3-4,7,10-11,13H,5-6,8-9H2,1-2H3. The normalized spacial score (nSPS) is 17.3. The van der Waals surface area contributed by atoms with Crippen molar-refractivity contribution in [1.29, 1.82) is 0 Å². The molecule has 0 atom stereocenters. The second-order valence-corrected chi connectivity index (χ2v) is 37.3. The molecule has 15 rings (SSSR count). The molecule has 14 heterocycles. The molecular weight excluding hydrogens is 1400 g/mol. The average molecular weight is 1500 g/mol. The summed E-state index contributed by atoms with van der Waals surface area (Å²) in [5.74, 6) is 1.83. The van der Waals surface area contributed by atoms with Gasteiger partial charge in [-0.3, -0.25) is 4.79 Å². The van der Waals surface area contributed by atoms with E-state index in [1.54, 1.807) is 32.0 Å². The van der Waals surface area contributed by atoms with E-state index in [4.69, 9.17) is 11.6 Å². The molecule has 1 amide bonds. The maximum atomic E-state index is 12.0. The summed E-state index contributed by atoms with van der Waals surface area (Å²) < 4.78 is 109. The molecule has 4 aliphatic heterocycles. The summed E-state index contributed by atoms with van der Waals surface area (Å²) in [4.78, 5) is 20.5. The van der Waals surface area contributed by atoms with Gasteiger partial charge in [-0.05, 0) is 217 Å². The SMILES string of the molecule is CC(=O)N1CCN(c2cc(C)cc3cccn23)CC1.CC1(C)CN(c2cc(Cl)cn3cccc23)CCN1S(C)(=O)=O.Cc1cc(-c2ccc(S(C)(=O)=O)cc2)n2cccc2c1.Cc1cc(C2CCN(S(C)(=O)=O)CC2)n2cccc2c1.Cc1cc(N2CCN(S(C)(=O)=O)C(C)(C)C2)c2cccn2c1. The van der Waals surface area contributed by atoms with Crippen LogP contribution in [0.2, 0.25) is 5.02 Å². The first-order chi connectivity index (χ1) is 48.4. The van der Waals surface area contributed by atoms with Crippen LogP contribution in [0.1, 0.15) is 81.3 Å². The molecular formula is C77H97ClN12O9S4. The topological polar surface area (TPSA) is 198 Å². The molecule has 0 saturated carbocycles. The number of pyridine rings is 5. The summed E-state index contributed by atoms with van der Waals surface area (Å²) in [6, 6.07) is 44.8. The quantitative estimate of drug-likeness (QED) is 0.133. The molecule has 11 aromatic rings. The Labute approximate surface area is 612 Å². The molecule has 0 aliphatic carbocycles. The van der Waals surface area contributed by atoms with E-state index >= 15 is 0 Å². The molecule has 103 heavy (non-hydrogen) atoms. The molecule has 21 nitrogen and oxygen atoms in total. The second kappa shape index (κ2) is 30.1. The van der Waals surface area contributed by atoms with Crippen molar-refractivity contribution in [2.75, 3.05) is 118 Å². The maximum absolute atomic E-state index is 12.0. The summed E-state index contributed by atoms with van der Waals surface area (Å²) >= 11 is 6.22. The van der Waals surface area contributed by atoms with E-state index in [1.807, 2.05) is 104 Å². The number of halogens is 1. The van der Waals surface area contributed by atoms with Crippen molar-refractivity contribution in [3.05, 3.63) is 210 Å². The summed E-state index contributed by atoms with van der Waals surface area (Å²) in [6.07, 6.45) is 21.1. The first-order valence-electron chi connectivity index (χ1n) is 34.7. The van der Waals surface area contributed by atoms with E-state index in [2.05, 4.69) is 157 Å². The Hall–Kier alpha value is -8.14. The number of aromatic nitrogens is 5. The van der Waals surface area contributed by atoms with Gasteiger partial charge >= 0.3 is 0 Å². The molecule has 0 bridgehead atoms. The predicted octanol–water partition coefficient (Wildman–Crippen LogP) is 12.2. The monoisotopic (exact) mass is 1500 g/mol. The van der Waals surface area contributed by atoms with E-state index in [9.17, 15) is 38.5 Å². The predicted molar refractivity (Wildman–Crippen MR) is 418 cm³/mol. The largest absolute Gasteiger partial charge is 0.367 e. The van der Waals surface area contributed by atoms with E-state index in [1.165, 1.54) is 75.5 Å².